The Labute approximate surface area is 113 Å². The van der Waals surface area contributed by atoms with Crippen LogP contribution in [0.4, 0.5) is 4.79 Å². The van der Waals surface area contributed by atoms with Crippen molar-refractivity contribution in [2.45, 2.75) is 38.8 Å². The van der Waals surface area contributed by atoms with Crippen LogP contribution in [0, 0.1) is 0 Å². The maximum Gasteiger partial charge on any atom is 0.325 e. The summed E-state index contributed by atoms with van der Waals surface area (Å²) in [7, 11) is 0. The molecule has 2 unspecified atom stereocenters. The van der Waals surface area contributed by atoms with Crippen molar-refractivity contribution in [3.63, 3.8) is 0 Å². The lowest BCUT2D eigenvalue weighted by molar-refractivity contribution is -0.138. The highest BCUT2D eigenvalue weighted by Crippen LogP contribution is 2.04. The molecule has 0 radical (unpaired) electrons. The highest BCUT2D eigenvalue weighted by atomic mass is 16.4. The minimum absolute atomic E-state index is 0.0128. The van der Waals surface area contributed by atoms with Gasteiger partial charge in [0.05, 0.1) is 0 Å². The van der Waals surface area contributed by atoms with E-state index in [0.717, 1.165) is 12.8 Å². The quantitative estimate of drug-likeness (QED) is 0.733. The second-order valence-electron chi connectivity index (χ2n) is 4.60. The van der Waals surface area contributed by atoms with Crippen molar-refractivity contribution in [2.75, 3.05) is 0 Å². The Morgan fingerprint density at radius 2 is 1.79 bits per heavy atom. The van der Waals surface area contributed by atoms with E-state index in [9.17, 15) is 9.59 Å². The molecule has 2 atom stereocenters. The zero-order valence-corrected chi connectivity index (χ0v) is 11.2. The van der Waals surface area contributed by atoms with Crippen LogP contribution in [0.5, 0.6) is 0 Å². The first-order valence-corrected chi connectivity index (χ1v) is 6.33. The number of rotatable bonds is 6. The smallest absolute Gasteiger partial charge is 0.325 e. The van der Waals surface area contributed by atoms with Gasteiger partial charge in [-0.3, -0.25) is 4.79 Å². The second-order valence-corrected chi connectivity index (χ2v) is 4.60. The Morgan fingerprint density at radius 3 is 2.37 bits per heavy atom. The Kier molecular flexibility index (Phi) is 5.85. The summed E-state index contributed by atoms with van der Waals surface area (Å²) >= 11 is 0. The van der Waals surface area contributed by atoms with E-state index in [1.54, 1.807) is 0 Å². The fourth-order valence-corrected chi connectivity index (χ4v) is 1.62. The van der Waals surface area contributed by atoms with E-state index in [1.807, 2.05) is 37.3 Å². The normalized spacial score (nSPS) is 13.4. The molecule has 1 aromatic rings. The highest BCUT2D eigenvalue weighted by Gasteiger charge is 2.14. The maximum absolute atomic E-state index is 11.5. The van der Waals surface area contributed by atoms with Gasteiger partial charge in [-0.1, -0.05) is 30.3 Å². The van der Waals surface area contributed by atoms with E-state index in [4.69, 9.17) is 5.11 Å². The molecule has 0 saturated carbocycles. The molecule has 1 rings (SSSR count). The van der Waals surface area contributed by atoms with Gasteiger partial charge in [0.15, 0.2) is 0 Å². The van der Waals surface area contributed by atoms with Gasteiger partial charge in [0.2, 0.25) is 0 Å². The van der Waals surface area contributed by atoms with E-state index >= 15 is 0 Å². The number of aliphatic carboxylic acids is 1. The average molecular weight is 264 g/mol. The van der Waals surface area contributed by atoms with Gasteiger partial charge in [-0.25, -0.2) is 4.79 Å². The Morgan fingerprint density at radius 1 is 1.16 bits per heavy atom. The van der Waals surface area contributed by atoms with E-state index < -0.39 is 18.0 Å². The number of amides is 2. The number of urea groups is 1. The van der Waals surface area contributed by atoms with Crippen LogP contribution >= 0.6 is 0 Å². The molecule has 0 heterocycles. The number of hydrogen-bond donors (Lipinski definition) is 3. The average Bonchev–Trinajstić information content (AvgIpc) is 2.37. The molecule has 1 aromatic carbocycles. The molecule has 0 aliphatic rings. The van der Waals surface area contributed by atoms with Gasteiger partial charge in [-0.2, -0.15) is 0 Å². The van der Waals surface area contributed by atoms with Crippen LogP contribution in [0.25, 0.3) is 0 Å². The molecular formula is C14H20N2O3. The number of hydrogen-bond acceptors (Lipinski definition) is 2. The van der Waals surface area contributed by atoms with Crippen LogP contribution in [0.2, 0.25) is 0 Å². The third kappa shape index (κ3) is 5.90. The lowest BCUT2D eigenvalue weighted by atomic mass is 10.1. The third-order valence-electron chi connectivity index (χ3n) is 2.80. The first-order chi connectivity index (χ1) is 8.99. The number of carbonyl (C=O) groups is 2. The van der Waals surface area contributed by atoms with Gasteiger partial charge < -0.3 is 15.7 Å². The van der Waals surface area contributed by atoms with Crippen molar-refractivity contribution < 1.29 is 14.7 Å². The number of carbonyl (C=O) groups excluding carboxylic acids is 1. The van der Waals surface area contributed by atoms with Gasteiger partial charge in [-0.05, 0) is 32.3 Å². The van der Waals surface area contributed by atoms with Crippen molar-refractivity contribution in [2.24, 2.45) is 0 Å². The highest BCUT2D eigenvalue weighted by molar-refractivity contribution is 5.82. The fraction of sp³-hybridized carbons (Fsp3) is 0.429. The van der Waals surface area contributed by atoms with Gasteiger partial charge in [0, 0.05) is 6.04 Å². The van der Waals surface area contributed by atoms with Gasteiger partial charge in [0.25, 0.3) is 0 Å². The molecule has 0 aliphatic heterocycles. The van der Waals surface area contributed by atoms with Crippen LogP contribution in [0.3, 0.4) is 0 Å². The Bertz CT molecular complexity index is 420. The molecule has 0 saturated heterocycles. The molecule has 0 bridgehead atoms. The lowest BCUT2D eigenvalue weighted by Crippen LogP contribution is -2.47. The van der Waals surface area contributed by atoms with Crippen molar-refractivity contribution in [1.29, 1.82) is 0 Å². The predicted octanol–water partition coefficient (Wildman–Crippen LogP) is 1.78. The molecular weight excluding hydrogens is 244 g/mol. The van der Waals surface area contributed by atoms with Gasteiger partial charge in [-0.15, -0.1) is 0 Å². The third-order valence-corrected chi connectivity index (χ3v) is 2.80. The minimum atomic E-state index is -1.05. The summed E-state index contributed by atoms with van der Waals surface area (Å²) in [5.74, 6) is -1.05. The van der Waals surface area contributed by atoms with Crippen LogP contribution in [-0.4, -0.2) is 29.2 Å². The predicted molar refractivity (Wildman–Crippen MR) is 73.0 cm³/mol. The number of aryl methyl sites for hydroxylation is 1. The number of carboxylic acid groups (broad SMARTS) is 1. The van der Waals surface area contributed by atoms with Crippen LogP contribution < -0.4 is 10.6 Å². The fourth-order valence-electron chi connectivity index (χ4n) is 1.62. The van der Waals surface area contributed by atoms with E-state index in [0.29, 0.717) is 0 Å². The molecule has 0 aliphatic carbocycles. The largest absolute Gasteiger partial charge is 0.480 e. The summed E-state index contributed by atoms with van der Waals surface area (Å²) in [6.45, 7) is 3.32. The van der Waals surface area contributed by atoms with Crippen molar-refractivity contribution in [1.82, 2.24) is 10.6 Å². The molecule has 3 N–H and O–H groups in total. The van der Waals surface area contributed by atoms with Crippen LogP contribution in [-0.2, 0) is 11.2 Å². The second kappa shape index (κ2) is 7.41. The van der Waals surface area contributed by atoms with E-state index in [-0.39, 0.29) is 6.04 Å². The summed E-state index contributed by atoms with van der Waals surface area (Å²) in [5.41, 5.74) is 1.22. The van der Waals surface area contributed by atoms with E-state index in [1.165, 1.54) is 12.5 Å². The summed E-state index contributed by atoms with van der Waals surface area (Å²) in [6.07, 6.45) is 1.68. The first-order valence-electron chi connectivity index (χ1n) is 6.33. The SMILES string of the molecule is CC(CCc1ccccc1)NC(=O)NC(C)C(=O)O. The molecule has 2 amide bonds. The zero-order valence-electron chi connectivity index (χ0n) is 11.2. The lowest BCUT2D eigenvalue weighted by Gasteiger charge is -2.16. The summed E-state index contributed by atoms with van der Waals surface area (Å²) in [6, 6.07) is 8.66. The van der Waals surface area contributed by atoms with Crippen LogP contribution in [0.15, 0.2) is 30.3 Å². The summed E-state index contributed by atoms with van der Waals surface area (Å²) < 4.78 is 0. The van der Waals surface area contributed by atoms with Crippen molar-refractivity contribution >= 4 is 12.0 Å². The Balaban J connectivity index is 2.29. The molecule has 5 heteroatoms. The van der Waals surface area contributed by atoms with Gasteiger partial charge in [0.1, 0.15) is 6.04 Å². The van der Waals surface area contributed by atoms with Gasteiger partial charge >= 0.3 is 12.0 Å². The number of carboxylic acids is 1. The summed E-state index contributed by atoms with van der Waals surface area (Å²) in [5, 5.41) is 13.8. The molecule has 19 heavy (non-hydrogen) atoms. The molecule has 0 fully saturated rings. The minimum Gasteiger partial charge on any atom is -0.480 e. The molecule has 5 nitrogen and oxygen atoms in total. The van der Waals surface area contributed by atoms with Crippen molar-refractivity contribution in [3.8, 4) is 0 Å². The molecule has 0 spiro atoms. The molecule has 104 valence electrons. The Hall–Kier alpha value is -2.04. The number of benzene rings is 1. The number of nitrogens with one attached hydrogen (secondary N) is 2. The maximum atomic E-state index is 11.5. The topological polar surface area (TPSA) is 78.4 Å². The van der Waals surface area contributed by atoms with Crippen LogP contribution in [0.1, 0.15) is 25.8 Å². The van der Waals surface area contributed by atoms with Crippen molar-refractivity contribution in [3.05, 3.63) is 35.9 Å². The standard InChI is InChI=1S/C14H20N2O3/c1-10(8-9-12-6-4-3-5-7-12)15-14(19)16-11(2)13(17)18/h3-7,10-11H,8-9H2,1-2H3,(H,17,18)(H2,15,16,19). The van der Waals surface area contributed by atoms with E-state index in [2.05, 4.69) is 10.6 Å². The summed E-state index contributed by atoms with van der Waals surface area (Å²) in [4.78, 5) is 22.1. The molecule has 0 aromatic heterocycles. The first kappa shape index (κ1) is 15.0. The zero-order chi connectivity index (χ0) is 14.3. The monoisotopic (exact) mass is 264 g/mol.